The van der Waals surface area contributed by atoms with Crippen LogP contribution in [0.4, 0.5) is 10.9 Å². The maximum atomic E-state index is 13.7. The fourth-order valence-electron chi connectivity index (χ4n) is 12.1. The molecule has 17 nitrogen and oxygen atoms in total. The monoisotopic (exact) mass is 1060 g/mol. The lowest BCUT2D eigenvalue weighted by Gasteiger charge is -2.58. The maximum Gasteiger partial charge on any atom is 0.355 e. The number of ether oxygens (including phenoxy) is 1. The standard InChI is InChI=1S/C53H67ClN8O9S2/c1-4-20-51(3)32-52(21-11-22-53(33-51,34-52)71-27-25-60(26-28-73(68,69)70)46(64)16-6-5-9-23-55-45(63)29-54)35-62-36(2)40(30-56-62)38-17-18-44(58-47(38)49(66)67)61-24-19-37-12-10-13-39(41(37)31-61)48(65)59-50-57-42-14-7-8-15-43(42)72-50/h7-8,10,12-15,17-18,30H,4-6,9,11,16,19-29,31-35H2,1-3H3,(H,55,63)(H,66,67)(H,57,59,65)(H,68,69,70). The van der Waals surface area contributed by atoms with Gasteiger partial charge in [0.05, 0.1) is 34.4 Å². The summed E-state index contributed by atoms with van der Waals surface area (Å²) < 4.78 is 43.1. The minimum atomic E-state index is -4.31. The number of benzene rings is 2. The molecule has 0 saturated heterocycles. The molecule has 73 heavy (non-hydrogen) atoms. The Morgan fingerprint density at radius 1 is 0.973 bits per heavy atom. The summed E-state index contributed by atoms with van der Waals surface area (Å²) in [5.41, 5.74) is 4.45. The molecule has 2 aromatic carbocycles. The molecule has 2 fully saturated rings. The van der Waals surface area contributed by atoms with Crippen molar-refractivity contribution in [1.82, 2.24) is 30.0 Å². The largest absolute Gasteiger partial charge is 0.476 e. The van der Waals surface area contributed by atoms with Crippen molar-refractivity contribution < 1.29 is 42.0 Å². The van der Waals surface area contributed by atoms with Crippen LogP contribution in [0.25, 0.3) is 21.3 Å². The number of carbonyl (C=O) groups is 4. The van der Waals surface area contributed by atoms with Crippen LogP contribution in [0.15, 0.2) is 60.8 Å². The zero-order valence-corrected chi connectivity index (χ0v) is 44.3. The molecule has 3 amide bonds. The average molecular weight is 1060 g/mol. The number of anilines is 2. The van der Waals surface area contributed by atoms with Gasteiger partial charge in [0, 0.05) is 68.1 Å². The first kappa shape index (κ1) is 53.8. The van der Waals surface area contributed by atoms with Gasteiger partial charge in [-0.25, -0.2) is 14.8 Å². The van der Waals surface area contributed by atoms with Crippen molar-refractivity contribution in [2.24, 2.45) is 10.8 Å². The number of nitrogens with zero attached hydrogens (tertiary/aromatic N) is 6. The number of alkyl halides is 1. The topological polar surface area (TPSA) is 226 Å². The Bertz CT molecular complexity index is 2910. The first-order valence-electron chi connectivity index (χ1n) is 25.4. The summed E-state index contributed by atoms with van der Waals surface area (Å²) in [5, 5.41) is 21.8. The number of nitrogens with one attached hydrogen (secondary N) is 2. The van der Waals surface area contributed by atoms with Crippen molar-refractivity contribution in [2.45, 2.75) is 123 Å². The van der Waals surface area contributed by atoms with Gasteiger partial charge in [-0.3, -0.25) is 28.9 Å². The number of pyridine rings is 1. The summed E-state index contributed by atoms with van der Waals surface area (Å²) in [6, 6.07) is 17.1. The Balaban J connectivity index is 0.961. The van der Waals surface area contributed by atoms with Gasteiger partial charge in [0.2, 0.25) is 11.8 Å². The smallest absolute Gasteiger partial charge is 0.355 e. The Kier molecular flexibility index (Phi) is 16.9. The quantitative estimate of drug-likeness (QED) is 0.0273. The molecule has 8 rings (SSSR count). The van der Waals surface area contributed by atoms with E-state index in [1.165, 1.54) is 16.2 Å². The number of carboxylic acids is 1. The minimum Gasteiger partial charge on any atom is -0.476 e. The number of para-hydroxylation sites is 1. The highest BCUT2D eigenvalue weighted by molar-refractivity contribution is 7.85. The van der Waals surface area contributed by atoms with Gasteiger partial charge in [-0.15, -0.1) is 11.6 Å². The fourth-order valence-corrected chi connectivity index (χ4v) is 13.5. The molecule has 5 aromatic rings. The zero-order valence-electron chi connectivity index (χ0n) is 42.0. The zero-order chi connectivity index (χ0) is 52.0. The number of thiazole rings is 1. The number of unbranched alkanes of at least 4 members (excludes halogenated alkanes) is 2. The third-order valence-corrected chi connectivity index (χ3v) is 16.9. The molecule has 392 valence electrons. The number of aromatic carboxylic acids is 1. The van der Waals surface area contributed by atoms with Crippen LogP contribution < -0.4 is 15.5 Å². The van der Waals surface area contributed by atoms with Crippen molar-refractivity contribution in [1.29, 1.82) is 0 Å². The van der Waals surface area contributed by atoms with Gasteiger partial charge in [0.1, 0.15) is 11.7 Å². The Labute approximate surface area is 436 Å². The van der Waals surface area contributed by atoms with E-state index < -0.39 is 27.4 Å². The van der Waals surface area contributed by atoms with Crippen LogP contribution >= 0.6 is 22.9 Å². The fraction of sp³-hybridized carbons (Fsp3) is 0.528. The molecular formula is C53H67ClN8O9S2. The Hall–Kier alpha value is -5.47. The first-order chi connectivity index (χ1) is 34.9. The maximum absolute atomic E-state index is 13.7. The van der Waals surface area contributed by atoms with E-state index in [4.69, 9.17) is 26.4 Å². The van der Waals surface area contributed by atoms with E-state index in [0.717, 1.165) is 78.4 Å². The van der Waals surface area contributed by atoms with Crippen LogP contribution in [0.5, 0.6) is 0 Å². The van der Waals surface area contributed by atoms with Crippen LogP contribution in [0.1, 0.15) is 129 Å². The van der Waals surface area contributed by atoms with Gasteiger partial charge < -0.3 is 25.0 Å². The number of halogens is 1. The molecule has 1 aliphatic heterocycles. The normalized spacial score (nSPS) is 20.6. The average Bonchev–Trinajstić information content (AvgIpc) is 3.93. The van der Waals surface area contributed by atoms with Gasteiger partial charge in [-0.1, -0.05) is 62.3 Å². The third-order valence-electron chi connectivity index (χ3n) is 15.0. The predicted octanol–water partition coefficient (Wildman–Crippen LogP) is 8.92. The SMILES string of the molecule is CCCC1(C)CC2(Cn3ncc(-c4ccc(N5CCc6cccc(C(=O)Nc7nc8ccccc8s7)c6C5)nc4C(=O)O)c3C)CCCC(OCCN(CCS(=O)(=O)O)C(=O)CCCCCNC(=O)CCl)(C1)C2. The minimum absolute atomic E-state index is 0.0484. The van der Waals surface area contributed by atoms with Crippen LogP contribution in [0.3, 0.4) is 0 Å². The van der Waals surface area contributed by atoms with Crippen LogP contribution in [0.2, 0.25) is 0 Å². The van der Waals surface area contributed by atoms with Crippen LogP contribution in [-0.2, 0) is 44.0 Å². The molecule has 2 bridgehead atoms. The molecule has 4 N–H and O–H groups in total. The number of hydrogen-bond donors (Lipinski definition) is 4. The van der Waals surface area contributed by atoms with Crippen molar-refractivity contribution in [2.75, 3.05) is 54.6 Å². The number of rotatable bonds is 23. The second kappa shape index (κ2) is 23.0. The summed E-state index contributed by atoms with van der Waals surface area (Å²) in [4.78, 5) is 64.5. The van der Waals surface area contributed by atoms with Gasteiger partial charge in [0.25, 0.3) is 16.0 Å². The number of amides is 3. The summed E-state index contributed by atoms with van der Waals surface area (Å²) in [7, 11) is -4.31. The van der Waals surface area contributed by atoms with Crippen molar-refractivity contribution in [3.8, 4) is 11.1 Å². The van der Waals surface area contributed by atoms with Crippen LogP contribution in [-0.4, -0.2) is 116 Å². The lowest BCUT2D eigenvalue weighted by atomic mass is 9.51. The number of aromatic nitrogens is 4. The molecule has 2 saturated carbocycles. The van der Waals surface area contributed by atoms with Gasteiger partial charge in [0.15, 0.2) is 10.8 Å². The molecule has 20 heteroatoms. The number of carboxylic acid groups (broad SMARTS) is 1. The summed E-state index contributed by atoms with van der Waals surface area (Å²) in [6.07, 6.45) is 11.8. The van der Waals surface area contributed by atoms with E-state index in [9.17, 15) is 37.3 Å². The van der Waals surface area contributed by atoms with E-state index in [1.807, 2.05) is 71.1 Å². The highest BCUT2D eigenvalue weighted by atomic mass is 35.5. The molecule has 0 radical (unpaired) electrons. The summed E-state index contributed by atoms with van der Waals surface area (Å²) >= 11 is 6.97. The molecule has 3 unspecified atom stereocenters. The molecule has 3 aromatic heterocycles. The lowest BCUT2D eigenvalue weighted by Crippen LogP contribution is -2.55. The molecule has 0 spiro atoms. The molecular weight excluding hydrogens is 992 g/mol. The molecule has 3 atom stereocenters. The van der Waals surface area contributed by atoms with Gasteiger partial charge in [-0.2, -0.15) is 13.5 Å². The predicted molar refractivity (Wildman–Crippen MR) is 283 cm³/mol. The highest BCUT2D eigenvalue weighted by Gasteiger charge is 2.55. The van der Waals surface area contributed by atoms with Crippen molar-refractivity contribution >= 4 is 77.9 Å². The Morgan fingerprint density at radius 2 is 1.79 bits per heavy atom. The number of hydrogen-bond acceptors (Lipinski definition) is 12. The first-order valence-corrected chi connectivity index (χ1v) is 28.4. The highest BCUT2D eigenvalue weighted by Crippen LogP contribution is 2.60. The molecule has 3 aliphatic rings. The number of carbonyl (C=O) groups excluding carboxylic acids is 3. The second-order valence-electron chi connectivity index (χ2n) is 20.7. The van der Waals surface area contributed by atoms with E-state index in [-0.39, 0.29) is 66.2 Å². The van der Waals surface area contributed by atoms with Crippen molar-refractivity contribution in [3.05, 3.63) is 88.9 Å². The van der Waals surface area contributed by atoms with Crippen LogP contribution in [0, 0.1) is 17.8 Å². The summed E-state index contributed by atoms with van der Waals surface area (Å²) in [6.45, 7) is 8.75. The summed E-state index contributed by atoms with van der Waals surface area (Å²) in [5.74, 6) is -2.07. The van der Waals surface area contributed by atoms with Gasteiger partial charge >= 0.3 is 5.97 Å². The third kappa shape index (κ3) is 13.1. The van der Waals surface area contributed by atoms with E-state index in [2.05, 4.69) is 29.5 Å². The lowest BCUT2D eigenvalue weighted by molar-refractivity contribution is -0.176. The van der Waals surface area contributed by atoms with E-state index in [0.29, 0.717) is 79.5 Å². The molecule has 4 heterocycles. The second-order valence-corrected chi connectivity index (χ2v) is 23.5. The Morgan fingerprint density at radius 3 is 2.56 bits per heavy atom. The van der Waals surface area contributed by atoms with Crippen molar-refractivity contribution in [3.63, 3.8) is 0 Å². The van der Waals surface area contributed by atoms with E-state index >= 15 is 0 Å². The number of fused-ring (bicyclic) bond motifs is 4. The van der Waals surface area contributed by atoms with E-state index in [1.54, 1.807) is 6.20 Å². The molecule has 2 aliphatic carbocycles. The van der Waals surface area contributed by atoms with Gasteiger partial charge in [-0.05, 0) is 123 Å².